The Morgan fingerprint density at radius 3 is 2.62 bits per heavy atom. The van der Waals surface area contributed by atoms with Crippen molar-refractivity contribution < 1.29 is 22.4 Å². The topological polar surface area (TPSA) is 122 Å². The molecule has 0 aliphatic heterocycles. The second-order valence-electron chi connectivity index (χ2n) is 9.70. The second kappa shape index (κ2) is 12.2. The van der Waals surface area contributed by atoms with Crippen molar-refractivity contribution in [3.63, 3.8) is 0 Å². The number of halogens is 4. The molecule has 0 radical (unpaired) electrons. The van der Waals surface area contributed by atoms with Gasteiger partial charge < -0.3 is 21.7 Å². The zero-order chi connectivity index (χ0) is 28.8. The Morgan fingerprint density at radius 1 is 1.21 bits per heavy atom. The molecule has 3 rings (SSSR count). The van der Waals surface area contributed by atoms with Crippen LogP contribution in [0.3, 0.4) is 0 Å². The van der Waals surface area contributed by atoms with Crippen LogP contribution in [-0.4, -0.2) is 44.1 Å². The molecular weight excluding hydrogens is 516 g/mol. The number of Topliss-reactive ketones (excluding diaryl/α,β-unsaturated/α-hetero) is 1. The molecule has 210 valence electrons. The number of carbonyl (C=O) groups is 1. The van der Waals surface area contributed by atoms with Gasteiger partial charge in [-0.2, -0.15) is 18.3 Å². The molecule has 5 N–H and O–H groups in total. The number of nitrogen functional groups attached to an aromatic ring is 1. The Kier molecular flexibility index (Phi) is 9.28. The fourth-order valence-electron chi connectivity index (χ4n) is 3.64. The molecule has 0 spiro atoms. The van der Waals surface area contributed by atoms with Crippen molar-refractivity contribution in [1.82, 2.24) is 30.2 Å². The van der Waals surface area contributed by atoms with Crippen LogP contribution in [-0.2, 0) is 12.6 Å². The third-order valence-electron chi connectivity index (χ3n) is 5.58. The highest BCUT2D eigenvalue weighted by atomic mass is 19.4. The lowest BCUT2D eigenvalue weighted by molar-refractivity contribution is -0.141. The van der Waals surface area contributed by atoms with Crippen LogP contribution in [0.15, 0.2) is 54.4 Å². The Bertz CT molecular complexity index is 1370. The van der Waals surface area contributed by atoms with E-state index in [4.69, 9.17) is 5.73 Å². The highest BCUT2D eigenvalue weighted by Gasteiger charge is 2.32. The summed E-state index contributed by atoms with van der Waals surface area (Å²) in [5.74, 6) is -0.437. The molecular formula is C26H32F4N8O. The zero-order valence-electron chi connectivity index (χ0n) is 22.2. The largest absolute Gasteiger partial charge is 0.433 e. The van der Waals surface area contributed by atoms with Gasteiger partial charge >= 0.3 is 6.18 Å². The summed E-state index contributed by atoms with van der Waals surface area (Å²) in [5.41, 5.74) is 6.40. The summed E-state index contributed by atoms with van der Waals surface area (Å²) >= 11 is 0. The first kappa shape index (κ1) is 29.6. The van der Waals surface area contributed by atoms with Crippen LogP contribution in [0.2, 0.25) is 0 Å². The van der Waals surface area contributed by atoms with Crippen LogP contribution >= 0.6 is 0 Å². The van der Waals surface area contributed by atoms with E-state index in [1.54, 1.807) is 19.2 Å². The quantitative estimate of drug-likeness (QED) is 0.118. The molecule has 0 aliphatic carbocycles. The number of pyridine rings is 1. The molecule has 0 amide bonds. The highest BCUT2D eigenvalue weighted by Crippen LogP contribution is 2.28. The number of fused-ring (bicyclic) bond motifs is 1. The van der Waals surface area contributed by atoms with Crippen molar-refractivity contribution in [3.05, 3.63) is 71.2 Å². The highest BCUT2D eigenvalue weighted by molar-refractivity contribution is 6.01. The van der Waals surface area contributed by atoms with E-state index in [9.17, 15) is 22.4 Å². The lowest BCUT2D eigenvalue weighted by atomic mass is 10.0. The molecule has 0 bridgehead atoms. The minimum absolute atomic E-state index is 0.0136. The molecule has 0 atom stereocenters. The number of ketones is 1. The molecule has 0 fully saturated rings. The zero-order valence-corrected chi connectivity index (χ0v) is 22.2. The minimum atomic E-state index is -4.58. The maximum Gasteiger partial charge on any atom is 0.433 e. The lowest BCUT2D eigenvalue weighted by Gasteiger charge is -2.19. The maximum atomic E-state index is 14.6. The Morgan fingerprint density at radius 2 is 1.95 bits per heavy atom. The van der Waals surface area contributed by atoms with Crippen molar-refractivity contribution in [2.45, 2.75) is 52.3 Å². The number of hydrogen-bond acceptors (Lipinski definition) is 8. The van der Waals surface area contributed by atoms with Gasteiger partial charge in [0.25, 0.3) is 0 Å². The van der Waals surface area contributed by atoms with Gasteiger partial charge in [0.1, 0.15) is 29.2 Å². The van der Waals surface area contributed by atoms with E-state index in [0.717, 1.165) is 6.07 Å². The van der Waals surface area contributed by atoms with Crippen LogP contribution in [0.25, 0.3) is 5.52 Å². The van der Waals surface area contributed by atoms with Crippen molar-refractivity contribution in [2.75, 3.05) is 24.3 Å². The normalized spacial score (nSPS) is 13.1. The van der Waals surface area contributed by atoms with Crippen molar-refractivity contribution >= 4 is 22.9 Å². The SMILES string of the molecule is CC/C(F)=C(\C=C/Cc1c(C(=O)CNC(C)(C)C)cn2ncnc(N)c12)NCNc1cccc(C(F)(F)F)n1. The number of anilines is 2. The van der Waals surface area contributed by atoms with Crippen LogP contribution < -0.4 is 21.7 Å². The van der Waals surface area contributed by atoms with Gasteiger partial charge in [-0.3, -0.25) is 4.79 Å². The van der Waals surface area contributed by atoms with Crippen molar-refractivity contribution in [1.29, 1.82) is 0 Å². The number of nitrogens with two attached hydrogens (primary N) is 1. The summed E-state index contributed by atoms with van der Waals surface area (Å²) in [6.07, 6.45) is 1.78. The molecule has 3 heterocycles. The summed E-state index contributed by atoms with van der Waals surface area (Å²) in [6, 6.07) is 3.48. The van der Waals surface area contributed by atoms with Crippen molar-refractivity contribution in [2.24, 2.45) is 0 Å². The summed E-state index contributed by atoms with van der Waals surface area (Å²) in [6.45, 7) is 7.49. The summed E-state index contributed by atoms with van der Waals surface area (Å²) in [4.78, 5) is 20.6. The van der Waals surface area contributed by atoms with Gasteiger partial charge in [-0.25, -0.2) is 18.9 Å². The van der Waals surface area contributed by atoms with E-state index in [1.807, 2.05) is 20.8 Å². The average molecular weight is 549 g/mol. The van der Waals surface area contributed by atoms with Gasteiger partial charge in [-0.1, -0.05) is 19.1 Å². The number of nitrogens with one attached hydrogen (secondary N) is 3. The first-order chi connectivity index (χ1) is 18.3. The molecule has 3 aromatic rings. The number of rotatable bonds is 11. The third-order valence-corrected chi connectivity index (χ3v) is 5.58. The van der Waals surface area contributed by atoms with Crippen LogP contribution in [0.1, 0.15) is 55.7 Å². The van der Waals surface area contributed by atoms with Gasteiger partial charge in [0.15, 0.2) is 11.6 Å². The maximum absolute atomic E-state index is 14.6. The molecule has 39 heavy (non-hydrogen) atoms. The molecule has 3 aromatic heterocycles. The van der Waals surface area contributed by atoms with E-state index in [-0.39, 0.29) is 54.7 Å². The van der Waals surface area contributed by atoms with Crippen LogP contribution in [0.5, 0.6) is 0 Å². The number of hydrogen-bond donors (Lipinski definition) is 4. The smallest absolute Gasteiger partial charge is 0.382 e. The van der Waals surface area contributed by atoms with Gasteiger partial charge in [-0.15, -0.1) is 0 Å². The van der Waals surface area contributed by atoms with Crippen molar-refractivity contribution in [3.8, 4) is 0 Å². The number of nitrogens with zero attached hydrogens (tertiary/aromatic N) is 4. The Labute approximate surface area is 223 Å². The van der Waals surface area contributed by atoms with E-state index < -0.39 is 17.7 Å². The van der Waals surface area contributed by atoms with E-state index >= 15 is 0 Å². The molecule has 0 aromatic carbocycles. The first-order valence-corrected chi connectivity index (χ1v) is 12.3. The van der Waals surface area contributed by atoms with Gasteiger partial charge in [0.2, 0.25) is 0 Å². The van der Waals surface area contributed by atoms with Gasteiger partial charge in [0.05, 0.1) is 18.9 Å². The fraction of sp³-hybridized carbons (Fsp3) is 0.385. The Hall–Kier alpha value is -4.00. The van der Waals surface area contributed by atoms with Gasteiger partial charge in [-0.05, 0) is 57.4 Å². The molecule has 0 saturated carbocycles. The fourth-order valence-corrected chi connectivity index (χ4v) is 3.64. The van der Waals surface area contributed by atoms with Gasteiger partial charge in [0, 0.05) is 17.3 Å². The van der Waals surface area contributed by atoms with E-state index in [1.165, 1.54) is 29.1 Å². The minimum Gasteiger partial charge on any atom is -0.382 e. The van der Waals surface area contributed by atoms with E-state index in [0.29, 0.717) is 16.6 Å². The monoisotopic (exact) mass is 548 g/mol. The number of alkyl halides is 3. The number of allylic oxidation sites excluding steroid dienone is 3. The standard InChI is InChI=1S/C26H32F4N8O/c1-5-18(27)19(32-14-33-22-11-7-10-21(37-22)26(28,29)30)9-6-8-16-17(20(39)12-35-25(2,3)4)13-38-23(16)24(31)34-15-36-38/h6-7,9-11,13,15,32,35H,5,8,12,14H2,1-4H3,(H,33,37)(H2,31,34,36)/b9-6-,19-18-. The molecule has 0 saturated heterocycles. The number of aromatic nitrogens is 4. The molecule has 0 unspecified atom stereocenters. The van der Waals surface area contributed by atoms with Crippen LogP contribution in [0, 0.1) is 0 Å². The summed E-state index contributed by atoms with van der Waals surface area (Å²) in [7, 11) is 0. The van der Waals surface area contributed by atoms with E-state index in [2.05, 4.69) is 31.0 Å². The molecule has 13 heteroatoms. The Balaban J connectivity index is 1.78. The predicted molar refractivity (Wildman–Crippen MR) is 142 cm³/mol. The summed E-state index contributed by atoms with van der Waals surface area (Å²) in [5, 5.41) is 12.9. The molecule has 9 nitrogen and oxygen atoms in total. The van der Waals surface area contributed by atoms with Crippen LogP contribution in [0.4, 0.5) is 29.2 Å². The number of carbonyl (C=O) groups excluding carboxylic acids is 1. The first-order valence-electron chi connectivity index (χ1n) is 12.3. The molecule has 0 aliphatic rings. The predicted octanol–water partition coefficient (Wildman–Crippen LogP) is 4.65. The second-order valence-corrected chi connectivity index (χ2v) is 9.70. The average Bonchev–Trinajstić information content (AvgIpc) is 3.25. The summed E-state index contributed by atoms with van der Waals surface area (Å²) < 4.78 is 54.8. The third kappa shape index (κ3) is 7.99. The lowest BCUT2D eigenvalue weighted by Crippen LogP contribution is -2.39.